The Morgan fingerprint density at radius 3 is 2.62 bits per heavy atom. The Kier molecular flexibility index (Phi) is 3.03. The van der Waals surface area contributed by atoms with Crippen molar-refractivity contribution in [3.05, 3.63) is 11.9 Å². The smallest absolute Gasteiger partial charge is 0.0962 e. The first kappa shape index (κ1) is 10.2. The quantitative estimate of drug-likeness (QED) is 0.763. The van der Waals surface area contributed by atoms with Crippen LogP contribution in [0.3, 0.4) is 0 Å². The molecule has 74 valence electrons. The van der Waals surface area contributed by atoms with Crippen LogP contribution in [0.25, 0.3) is 0 Å². The second kappa shape index (κ2) is 3.87. The van der Waals surface area contributed by atoms with Crippen LogP contribution in [0.5, 0.6) is 0 Å². The van der Waals surface area contributed by atoms with Crippen molar-refractivity contribution in [2.45, 2.75) is 40.3 Å². The molecule has 2 N–H and O–H groups in total. The number of nitrogens with zero attached hydrogens (tertiary/aromatic N) is 3. The first-order valence-electron chi connectivity index (χ1n) is 4.60. The number of nitrogens with two attached hydrogens (primary N) is 1. The lowest BCUT2D eigenvalue weighted by Gasteiger charge is -2.17. The van der Waals surface area contributed by atoms with Crippen LogP contribution in [-0.4, -0.2) is 15.0 Å². The standard InChI is InChI=1S/C9H18N4/c1-9(2,3)4-5-13-7-8(6-10)11-12-13/h7H,4-6,10H2,1-3H3. The monoisotopic (exact) mass is 182 g/mol. The average molecular weight is 182 g/mol. The summed E-state index contributed by atoms with van der Waals surface area (Å²) in [5, 5.41) is 7.90. The molecule has 0 aliphatic heterocycles. The summed E-state index contributed by atoms with van der Waals surface area (Å²) in [6, 6.07) is 0. The molecule has 0 aliphatic rings. The molecular formula is C9H18N4. The van der Waals surface area contributed by atoms with E-state index in [1.165, 1.54) is 0 Å². The molecule has 4 nitrogen and oxygen atoms in total. The molecule has 0 spiro atoms. The first-order valence-corrected chi connectivity index (χ1v) is 4.60. The molecule has 0 atom stereocenters. The van der Waals surface area contributed by atoms with E-state index in [1.54, 1.807) is 0 Å². The molecule has 1 rings (SSSR count). The van der Waals surface area contributed by atoms with Gasteiger partial charge in [0.25, 0.3) is 0 Å². The zero-order valence-corrected chi connectivity index (χ0v) is 8.62. The molecular weight excluding hydrogens is 164 g/mol. The van der Waals surface area contributed by atoms with Crippen molar-refractivity contribution < 1.29 is 0 Å². The first-order chi connectivity index (χ1) is 6.01. The minimum absolute atomic E-state index is 0.342. The zero-order valence-electron chi connectivity index (χ0n) is 8.62. The summed E-state index contributed by atoms with van der Waals surface area (Å²) in [7, 11) is 0. The molecule has 13 heavy (non-hydrogen) atoms. The predicted molar refractivity (Wildman–Crippen MR) is 52.0 cm³/mol. The minimum Gasteiger partial charge on any atom is -0.325 e. The minimum atomic E-state index is 0.342. The molecule has 0 saturated heterocycles. The van der Waals surface area contributed by atoms with Crippen LogP contribution < -0.4 is 5.73 Å². The number of hydrogen-bond acceptors (Lipinski definition) is 3. The van der Waals surface area contributed by atoms with Crippen LogP contribution in [0.4, 0.5) is 0 Å². The van der Waals surface area contributed by atoms with Crippen molar-refractivity contribution in [2.75, 3.05) is 0 Å². The van der Waals surface area contributed by atoms with Gasteiger partial charge >= 0.3 is 0 Å². The highest BCUT2D eigenvalue weighted by Gasteiger charge is 2.10. The molecule has 0 aliphatic carbocycles. The van der Waals surface area contributed by atoms with Gasteiger partial charge in [0.05, 0.1) is 5.69 Å². The van der Waals surface area contributed by atoms with Crippen LogP contribution in [-0.2, 0) is 13.1 Å². The van der Waals surface area contributed by atoms with E-state index in [2.05, 4.69) is 31.1 Å². The SMILES string of the molecule is CC(C)(C)CCn1cc(CN)nn1. The summed E-state index contributed by atoms with van der Waals surface area (Å²) in [6.45, 7) is 8.03. The van der Waals surface area contributed by atoms with Gasteiger partial charge in [0, 0.05) is 19.3 Å². The Hall–Kier alpha value is -0.900. The van der Waals surface area contributed by atoms with E-state index in [0.717, 1.165) is 18.7 Å². The van der Waals surface area contributed by atoms with E-state index < -0.39 is 0 Å². The van der Waals surface area contributed by atoms with Gasteiger partial charge < -0.3 is 5.73 Å². The molecule has 1 heterocycles. The second-order valence-electron chi connectivity index (χ2n) is 4.49. The fourth-order valence-electron chi connectivity index (χ4n) is 0.991. The fraction of sp³-hybridized carbons (Fsp3) is 0.778. The maximum atomic E-state index is 5.43. The van der Waals surface area contributed by atoms with Gasteiger partial charge in [0.15, 0.2) is 0 Å². The third-order valence-corrected chi connectivity index (χ3v) is 1.89. The summed E-state index contributed by atoms with van der Waals surface area (Å²) in [5.41, 5.74) is 6.63. The number of aromatic nitrogens is 3. The van der Waals surface area contributed by atoms with Crippen molar-refractivity contribution >= 4 is 0 Å². The largest absolute Gasteiger partial charge is 0.325 e. The summed E-state index contributed by atoms with van der Waals surface area (Å²) >= 11 is 0. The highest BCUT2D eigenvalue weighted by molar-refractivity contribution is 4.90. The normalized spacial score (nSPS) is 12.0. The Balaban J connectivity index is 2.46. The maximum Gasteiger partial charge on any atom is 0.0962 e. The van der Waals surface area contributed by atoms with Gasteiger partial charge in [-0.2, -0.15) is 0 Å². The molecule has 0 fully saturated rings. The van der Waals surface area contributed by atoms with Crippen LogP contribution in [0.1, 0.15) is 32.9 Å². The van der Waals surface area contributed by atoms with Gasteiger partial charge in [-0.1, -0.05) is 26.0 Å². The van der Waals surface area contributed by atoms with E-state index in [9.17, 15) is 0 Å². The highest BCUT2D eigenvalue weighted by Crippen LogP contribution is 2.18. The lowest BCUT2D eigenvalue weighted by Crippen LogP contribution is -2.10. The summed E-state index contributed by atoms with van der Waals surface area (Å²) in [5.74, 6) is 0. The second-order valence-corrected chi connectivity index (χ2v) is 4.49. The maximum absolute atomic E-state index is 5.43. The van der Waals surface area contributed by atoms with E-state index in [1.807, 2.05) is 10.9 Å². The molecule has 0 aromatic carbocycles. The predicted octanol–water partition coefficient (Wildman–Crippen LogP) is 1.17. The molecule has 0 unspecified atom stereocenters. The lowest BCUT2D eigenvalue weighted by molar-refractivity contribution is 0.339. The van der Waals surface area contributed by atoms with Crippen LogP contribution in [0.15, 0.2) is 6.20 Å². The molecule has 1 aromatic rings. The van der Waals surface area contributed by atoms with Crippen molar-refractivity contribution in [2.24, 2.45) is 11.1 Å². The number of aryl methyl sites for hydroxylation is 1. The Bertz CT molecular complexity index is 259. The summed E-state index contributed by atoms with van der Waals surface area (Å²) in [6.07, 6.45) is 3.01. The molecule has 4 heteroatoms. The molecule has 0 bridgehead atoms. The van der Waals surface area contributed by atoms with Gasteiger partial charge in [-0.25, -0.2) is 0 Å². The summed E-state index contributed by atoms with van der Waals surface area (Å²) in [4.78, 5) is 0. The lowest BCUT2D eigenvalue weighted by atomic mass is 9.92. The fourth-order valence-corrected chi connectivity index (χ4v) is 0.991. The van der Waals surface area contributed by atoms with Crippen LogP contribution in [0.2, 0.25) is 0 Å². The number of hydrogen-bond donors (Lipinski definition) is 1. The van der Waals surface area contributed by atoms with Gasteiger partial charge in [0.1, 0.15) is 0 Å². The van der Waals surface area contributed by atoms with Gasteiger partial charge in [-0.05, 0) is 11.8 Å². The third-order valence-electron chi connectivity index (χ3n) is 1.89. The van der Waals surface area contributed by atoms with Gasteiger partial charge in [-0.3, -0.25) is 4.68 Å². The summed E-state index contributed by atoms with van der Waals surface area (Å²) < 4.78 is 1.85. The van der Waals surface area contributed by atoms with E-state index >= 15 is 0 Å². The highest BCUT2D eigenvalue weighted by atomic mass is 15.4. The molecule has 0 radical (unpaired) electrons. The third kappa shape index (κ3) is 3.55. The Morgan fingerprint density at radius 2 is 2.15 bits per heavy atom. The Labute approximate surface area is 79.1 Å². The van der Waals surface area contributed by atoms with Crippen LogP contribution >= 0.6 is 0 Å². The zero-order chi connectivity index (χ0) is 9.90. The molecule has 0 amide bonds. The molecule has 1 aromatic heterocycles. The van der Waals surface area contributed by atoms with Crippen molar-refractivity contribution in [1.82, 2.24) is 15.0 Å². The number of rotatable bonds is 3. The van der Waals surface area contributed by atoms with Crippen molar-refractivity contribution in [1.29, 1.82) is 0 Å². The topological polar surface area (TPSA) is 56.7 Å². The van der Waals surface area contributed by atoms with E-state index in [-0.39, 0.29) is 0 Å². The van der Waals surface area contributed by atoms with E-state index in [4.69, 9.17) is 5.73 Å². The van der Waals surface area contributed by atoms with Crippen molar-refractivity contribution in [3.63, 3.8) is 0 Å². The van der Waals surface area contributed by atoms with E-state index in [0.29, 0.717) is 12.0 Å². The van der Waals surface area contributed by atoms with Gasteiger partial charge in [0.2, 0.25) is 0 Å². The van der Waals surface area contributed by atoms with Gasteiger partial charge in [-0.15, -0.1) is 5.10 Å². The Morgan fingerprint density at radius 1 is 1.46 bits per heavy atom. The van der Waals surface area contributed by atoms with Crippen molar-refractivity contribution in [3.8, 4) is 0 Å². The van der Waals surface area contributed by atoms with Crippen LogP contribution in [0, 0.1) is 5.41 Å². The molecule has 0 saturated carbocycles. The average Bonchev–Trinajstić information content (AvgIpc) is 2.47.